The highest BCUT2D eigenvalue weighted by Crippen LogP contribution is 2.53. The minimum absolute atomic E-state index is 0.319. The fraction of sp³-hybridized carbons (Fsp3) is 0.250. The van der Waals surface area contributed by atoms with Gasteiger partial charge in [-0.3, -0.25) is 0 Å². The van der Waals surface area contributed by atoms with Gasteiger partial charge in [-0.05, 0) is 22.9 Å². The van der Waals surface area contributed by atoms with Gasteiger partial charge in [0, 0.05) is 4.88 Å². The molecule has 12 heavy (non-hydrogen) atoms. The normalized spacial score (nSPS) is 34.3. The first kappa shape index (κ1) is 9.13. The van der Waals surface area contributed by atoms with Crippen LogP contribution >= 0.6 is 50.6 Å². The number of allylic oxidation sites excluding steroid dienone is 1. The second-order valence-electron chi connectivity index (χ2n) is 2.51. The molecular formula is C8H6BrClS2. The maximum atomic E-state index is 6.24. The number of halogens is 2. The molecule has 0 saturated carbocycles. The van der Waals surface area contributed by atoms with Gasteiger partial charge in [0.15, 0.2) is 0 Å². The zero-order chi connectivity index (χ0) is 8.60. The van der Waals surface area contributed by atoms with Gasteiger partial charge in [0.1, 0.15) is 3.78 Å². The van der Waals surface area contributed by atoms with Gasteiger partial charge in [-0.1, -0.05) is 22.0 Å². The van der Waals surface area contributed by atoms with Gasteiger partial charge in [0.25, 0.3) is 0 Å². The van der Waals surface area contributed by atoms with Gasteiger partial charge in [-0.2, -0.15) is 0 Å². The smallest absolute Gasteiger partial charge is 0.135 e. The Bertz CT molecular complexity index is 292. The maximum Gasteiger partial charge on any atom is 0.135 e. The summed E-state index contributed by atoms with van der Waals surface area (Å²) in [6, 6.07) is 4.17. The molecule has 0 N–H and O–H groups in total. The Hall–Kier alpha value is 0.560. The largest absolute Gasteiger partial charge is 0.148 e. The molecule has 0 spiro atoms. The predicted molar refractivity (Wildman–Crippen MR) is 61.3 cm³/mol. The van der Waals surface area contributed by atoms with E-state index in [0.717, 1.165) is 0 Å². The number of rotatable bonds is 1. The minimum Gasteiger partial charge on any atom is -0.148 e. The van der Waals surface area contributed by atoms with E-state index in [0.29, 0.717) is 5.25 Å². The highest BCUT2D eigenvalue weighted by Gasteiger charge is 2.37. The van der Waals surface area contributed by atoms with Crippen LogP contribution in [0.5, 0.6) is 0 Å². The molecule has 2 atom stereocenters. The van der Waals surface area contributed by atoms with Gasteiger partial charge < -0.3 is 0 Å². The lowest BCUT2D eigenvalue weighted by molar-refractivity contribution is 0.977. The van der Waals surface area contributed by atoms with Crippen molar-refractivity contribution in [3.63, 3.8) is 0 Å². The van der Waals surface area contributed by atoms with Crippen molar-refractivity contribution in [2.24, 2.45) is 0 Å². The van der Waals surface area contributed by atoms with E-state index in [9.17, 15) is 0 Å². The first-order valence-corrected chi connectivity index (χ1v) is 6.44. The van der Waals surface area contributed by atoms with Crippen molar-refractivity contribution >= 4 is 50.6 Å². The summed E-state index contributed by atoms with van der Waals surface area (Å²) < 4.78 is -0.386. The molecule has 0 aliphatic carbocycles. The standard InChI is InChI=1S/C8H6BrClS2/c9-8(10)3-5-12-7(8)6-2-1-4-11-6/h1-5,7H. The van der Waals surface area contributed by atoms with Crippen molar-refractivity contribution in [1.82, 2.24) is 0 Å². The molecule has 0 radical (unpaired) electrons. The molecule has 64 valence electrons. The van der Waals surface area contributed by atoms with Crippen molar-refractivity contribution in [3.05, 3.63) is 33.9 Å². The van der Waals surface area contributed by atoms with Gasteiger partial charge in [-0.25, -0.2) is 0 Å². The zero-order valence-electron chi connectivity index (χ0n) is 6.04. The molecule has 0 bridgehead atoms. The van der Waals surface area contributed by atoms with Gasteiger partial charge >= 0.3 is 0 Å². The highest BCUT2D eigenvalue weighted by atomic mass is 79.9. The summed E-state index contributed by atoms with van der Waals surface area (Å²) in [5.74, 6) is 0. The Morgan fingerprint density at radius 2 is 2.42 bits per heavy atom. The third kappa shape index (κ3) is 1.60. The Kier molecular flexibility index (Phi) is 2.56. The molecule has 1 aromatic heterocycles. The van der Waals surface area contributed by atoms with E-state index < -0.39 is 0 Å². The van der Waals surface area contributed by atoms with Crippen molar-refractivity contribution in [1.29, 1.82) is 0 Å². The lowest BCUT2D eigenvalue weighted by Crippen LogP contribution is -2.12. The minimum atomic E-state index is -0.386. The molecule has 1 aliphatic rings. The van der Waals surface area contributed by atoms with Gasteiger partial charge in [0.2, 0.25) is 0 Å². The van der Waals surface area contributed by atoms with Crippen LogP contribution in [0, 0.1) is 0 Å². The Morgan fingerprint density at radius 1 is 1.58 bits per heavy atom. The lowest BCUT2D eigenvalue weighted by Gasteiger charge is -2.19. The lowest BCUT2D eigenvalue weighted by atomic mass is 10.2. The molecule has 1 aliphatic heterocycles. The fourth-order valence-electron chi connectivity index (χ4n) is 1.08. The highest BCUT2D eigenvalue weighted by molar-refractivity contribution is 9.10. The zero-order valence-corrected chi connectivity index (χ0v) is 10.0. The summed E-state index contributed by atoms with van der Waals surface area (Å²) in [6.45, 7) is 0. The van der Waals surface area contributed by atoms with E-state index in [1.807, 2.05) is 11.5 Å². The SMILES string of the molecule is ClC1(Br)C=CSC1c1cccs1. The molecular weight excluding hydrogens is 276 g/mol. The quantitative estimate of drug-likeness (QED) is 0.688. The third-order valence-electron chi connectivity index (χ3n) is 1.66. The molecule has 2 heterocycles. The third-order valence-corrected chi connectivity index (χ3v) is 5.43. The molecule has 0 fully saturated rings. The van der Waals surface area contributed by atoms with Crippen LogP contribution in [0.4, 0.5) is 0 Å². The number of hydrogen-bond acceptors (Lipinski definition) is 2. The van der Waals surface area contributed by atoms with Gasteiger partial charge in [-0.15, -0.1) is 34.7 Å². The fourth-order valence-corrected chi connectivity index (χ4v) is 4.62. The molecule has 2 rings (SSSR count). The Morgan fingerprint density at radius 3 is 2.92 bits per heavy atom. The first-order chi connectivity index (χ1) is 5.70. The Labute approximate surface area is 93.1 Å². The molecule has 4 heteroatoms. The van der Waals surface area contributed by atoms with Crippen LogP contribution in [0.25, 0.3) is 0 Å². The molecule has 0 nitrogen and oxygen atoms in total. The average Bonchev–Trinajstić information content (AvgIpc) is 2.55. The molecule has 1 aromatic rings. The summed E-state index contributed by atoms with van der Waals surface area (Å²) in [5, 5.41) is 4.44. The summed E-state index contributed by atoms with van der Waals surface area (Å²) >= 11 is 13.2. The van der Waals surface area contributed by atoms with Crippen molar-refractivity contribution < 1.29 is 0 Å². The second-order valence-corrected chi connectivity index (χ2v) is 6.90. The van der Waals surface area contributed by atoms with E-state index >= 15 is 0 Å². The number of thiophene rings is 1. The molecule has 0 saturated heterocycles. The van der Waals surface area contributed by atoms with Crippen LogP contribution in [0.3, 0.4) is 0 Å². The van der Waals surface area contributed by atoms with Crippen molar-refractivity contribution in [3.8, 4) is 0 Å². The number of hydrogen-bond donors (Lipinski definition) is 0. The van der Waals surface area contributed by atoms with Crippen LogP contribution in [0.15, 0.2) is 29.0 Å². The van der Waals surface area contributed by atoms with Crippen molar-refractivity contribution in [2.45, 2.75) is 9.03 Å². The summed E-state index contributed by atoms with van der Waals surface area (Å²) in [6.07, 6.45) is 1.99. The second kappa shape index (κ2) is 3.37. The van der Waals surface area contributed by atoms with Crippen LogP contribution in [-0.4, -0.2) is 3.78 Å². The number of thioether (sulfide) groups is 1. The van der Waals surface area contributed by atoms with Crippen LogP contribution in [0.1, 0.15) is 10.1 Å². The molecule has 2 unspecified atom stereocenters. The average molecular weight is 282 g/mol. The molecule has 0 amide bonds. The predicted octanol–water partition coefficient (Wildman–Crippen LogP) is 4.38. The Balaban J connectivity index is 2.28. The van der Waals surface area contributed by atoms with E-state index in [1.165, 1.54) is 4.88 Å². The topological polar surface area (TPSA) is 0 Å². The van der Waals surface area contributed by atoms with Crippen molar-refractivity contribution in [2.75, 3.05) is 0 Å². The van der Waals surface area contributed by atoms with E-state index in [-0.39, 0.29) is 3.78 Å². The summed E-state index contributed by atoms with van der Waals surface area (Å²) in [5.41, 5.74) is 0. The molecule has 0 aromatic carbocycles. The summed E-state index contributed by atoms with van der Waals surface area (Å²) in [4.78, 5) is 1.32. The van der Waals surface area contributed by atoms with Crippen LogP contribution < -0.4 is 0 Å². The van der Waals surface area contributed by atoms with E-state index in [1.54, 1.807) is 23.1 Å². The maximum absolute atomic E-state index is 6.24. The van der Waals surface area contributed by atoms with Crippen LogP contribution in [-0.2, 0) is 0 Å². The van der Waals surface area contributed by atoms with Gasteiger partial charge in [0.05, 0.1) is 5.25 Å². The van der Waals surface area contributed by atoms with Crippen LogP contribution in [0.2, 0.25) is 0 Å². The summed E-state index contributed by atoms with van der Waals surface area (Å²) in [7, 11) is 0. The van der Waals surface area contributed by atoms with E-state index in [2.05, 4.69) is 33.4 Å². The first-order valence-electron chi connectivity index (χ1n) is 3.44. The monoisotopic (exact) mass is 280 g/mol. The number of alkyl halides is 2. The van der Waals surface area contributed by atoms with E-state index in [4.69, 9.17) is 11.6 Å².